The highest BCUT2D eigenvalue weighted by Crippen LogP contribution is 2.36. The maximum absolute atomic E-state index is 10.1. The number of likely N-dealkylation sites (tertiary alicyclic amines) is 1. The van der Waals surface area contributed by atoms with Gasteiger partial charge in [0.2, 0.25) is 0 Å². The van der Waals surface area contributed by atoms with Crippen molar-refractivity contribution in [2.45, 2.75) is 38.8 Å². The summed E-state index contributed by atoms with van der Waals surface area (Å²) in [5.74, 6) is 1.70. The average Bonchev–Trinajstić information content (AvgIpc) is 2.46. The summed E-state index contributed by atoms with van der Waals surface area (Å²) >= 11 is 0. The topological polar surface area (TPSA) is 58.7 Å². The Morgan fingerprint density at radius 1 is 1.50 bits per heavy atom. The second kappa shape index (κ2) is 6.46. The number of phenolic OH excluding ortho intramolecular Hbond substituents is 1. The molecule has 1 heterocycles. The number of nitrogens with zero attached hydrogens (tertiary/aromatic N) is 1. The minimum Gasteiger partial charge on any atom is -0.508 e. The predicted octanol–water partition coefficient (Wildman–Crippen LogP) is 2.52. The van der Waals surface area contributed by atoms with Crippen LogP contribution in [0.25, 0.3) is 0 Å². The summed E-state index contributed by atoms with van der Waals surface area (Å²) in [6, 6.07) is 5.93. The van der Waals surface area contributed by atoms with Crippen LogP contribution in [0, 0.1) is 5.92 Å². The lowest BCUT2D eigenvalue weighted by Crippen LogP contribution is -2.49. The van der Waals surface area contributed by atoms with Gasteiger partial charge in [-0.15, -0.1) is 0 Å². The first kappa shape index (κ1) is 15.1. The van der Waals surface area contributed by atoms with Gasteiger partial charge in [0.15, 0.2) is 0 Å². The lowest BCUT2D eigenvalue weighted by atomic mass is 9.88. The molecular weight excluding hydrogens is 252 g/mol. The lowest BCUT2D eigenvalue weighted by molar-refractivity contribution is 0.0679. The molecule has 112 valence electrons. The van der Waals surface area contributed by atoms with Gasteiger partial charge in [0.25, 0.3) is 0 Å². The standard InChI is InChI=1S/C16H26N2O2/c1-11-5-4-8-18(15(11)10-17)12(2)14-9-13(20-3)6-7-16(14)19/h6-7,9,11-12,15,19H,4-5,8,10,17H2,1-3H3. The molecule has 20 heavy (non-hydrogen) atoms. The van der Waals surface area contributed by atoms with Gasteiger partial charge in [-0.1, -0.05) is 6.92 Å². The monoisotopic (exact) mass is 278 g/mol. The molecule has 3 unspecified atom stereocenters. The van der Waals surface area contributed by atoms with Crippen molar-refractivity contribution in [1.82, 2.24) is 4.90 Å². The molecule has 1 saturated heterocycles. The van der Waals surface area contributed by atoms with Gasteiger partial charge in [0.05, 0.1) is 7.11 Å². The van der Waals surface area contributed by atoms with Gasteiger partial charge in [-0.2, -0.15) is 0 Å². The largest absolute Gasteiger partial charge is 0.508 e. The van der Waals surface area contributed by atoms with Crippen LogP contribution in [0.2, 0.25) is 0 Å². The number of phenols is 1. The number of rotatable bonds is 4. The van der Waals surface area contributed by atoms with Crippen molar-refractivity contribution < 1.29 is 9.84 Å². The molecule has 1 fully saturated rings. The van der Waals surface area contributed by atoms with Crippen molar-refractivity contribution >= 4 is 0 Å². The zero-order chi connectivity index (χ0) is 14.7. The molecule has 1 aliphatic heterocycles. The quantitative estimate of drug-likeness (QED) is 0.888. The van der Waals surface area contributed by atoms with Gasteiger partial charge in [0.1, 0.15) is 11.5 Å². The highest BCUT2D eigenvalue weighted by Gasteiger charge is 2.32. The van der Waals surface area contributed by atoms with Gasteiger partial charge in [-0.05, 0) is 50.4 Å². The van der Waals surface area contributed by atoms with Crippen molar-refractivity contribution in [1.29, 1.82) is 0 Å². The van der Waals surface area contributed by atoms with Crippen LogP contribution in [-0.2, 0) is 0 Å². The van der Waals surface area contributed by atoms with Crippen LogP contribution in [0.5, 0.6) is 11.5 Å². The maximum Gasteiger partial charge on any atom is 0.120 e. The van der Waals surface area contributed by atoms with Gasteiger partial charge >= 0.3 is 0 Å². The number of ether oxygens (including phenoxy) is 1. The van der Waals surface area contributed by atoms with E-state index in [4.69, 9.17) is 10.5 Å². The SMILES string of the molecule is COc1ccc(O)c(C(C)N2CCCC(C)C2CN)c1. The highest BCUT2D eigenvalue weighted by molar-refractivity contribution is 5.41. The average molecular weight is 278 g/mol. The second-order valence-corrected chi connectivity index (χ2v) is 5.76. The summed E-state index contributed by atoms with van der Waals surface area (Å²) in [5, 5.41) is 10.1. The van der Waals surface area contributed by atoms with Crippen molar-refractivity contribution in [3.63, 3.8) is 0 Å². The van der Waals surface area contributed by atoms with E-state index in [-0.39, 0.29) is 6.04 Å². The van der Waals surface area contributed by atoms with E-state index in [1.54, 1.807) is 19.2 Å². The van der Waals surface area contributed by atoms with Gasteiger partial charge < -0.3 is 15.6 Å². The molecule has 0 spiro atoms. The van der Waals surface area contributed by atoms with Crippen molar-refractivity contribution in [2.24, 2.45) is 11.7 Å². The van der Waals surface area contributed by atoms with Crippen LogP contribution in [0.4, 0.5) is 0 Å². The molecule has 0 saturated carbocycles. The third-order valence-electron chi connectivity index (χ3n) is 4.58. The van der Waals surface area contributed by atoms with Crippen molar-refractivity contribution in [2.75, 3.05) is 20.2 Å². The molecule has 0 aromatic heterocycles. The predicted molar refractivity (Wildman–Crippen MR) is 81.0 cm³/mol. The first-order valence-electron chi connectivity index (χ1n) is 7.41. The molecule has 3 atom stereocenters. The van der Waals surface area contributed by atoms with E-state index in [2.05, 4.69) is 18.7 Å². The zero-order valence-corrected chi connectivity index (χ0v) is 12.7. The van der Waals surface area contributed by atoms with Crippen LogP contribution in [0.15, 0.2) is 18.2 Å². The molecular formula is C16H26N2O2. The Kier molecular flexibility index (Phi) is 4.89. The Labute approximate surface area is 121 Å². The number of nitrogens with two attached hydrogens (primary N) is 1. The molecule has 0 amide bonds. The van der Waals surface area contributed by atoms with Crippen LogP contribution in [0.1, 0.15) is 38.3 Å². The normalized spacial score (nSPS) is 25.4. The molecule has 1 aromatic carbocycles. The summed E-state index contributed by atoms with van der Waals surface area (Å²) in [4.78, 5) is 2.42. The minimum absolute atomic E-state index is 0.140. The zero-order valence-electron chi connectivity index (χ0n) is 12.7. The molecule has 1 aliphatic rings. The lowest BCUT2D eigenvalue weighted by Gasteiger charge is -2.43. The van der Waals surface area contributed by atoms with Crippen molar-refractivity contribution in [3.05, 3.63) is 23.8 Å². The Morgan fingerprint density at radius 2 is 2.25 bits per heavy atom. The summed E-state index contributed by atoms with van der Waals surface area (Å²) in [5.41, 5.74) is 6.88. The van der Waals surface area contributed by atoms with E-state index < -0.39 is 0 Å². The fourth-order valence-electron chi connectivity index (χ4n) is 3.30. The van der Waals surface area contributed by atoms with E-state index in [1.165, 1.54) is 12.8 Å². The second-order valence-electron chi connectivity index (χ2n) is 5.76. The summed E-state index contributed by atoms with van der Waals surface area (Å²) in [6.45, 7) is 6.09. The third-order valence-corrected chi connectivity index (χ3v) is 4.58. The summed E-state index contributed by atoms with van der Waals surface area (Å²) in [6.07, 6.45) is 2.42. The van der Waals surface area contributed by atoms with E-state index in [0.29, 0.717) is 24.3 Å². The molecule has 3 N–H and O–H groups in total. The van der Waals surface area contributed by atoms with E-state index in [1.807, 2.05) is 6.07 Å². The van der Waals surface area contributed by atoms with Gasteiger partial charge in [-0.3, -0.25) is 4.90 Å². The Hall–Kier alpha value is -1.26. The van der Waals surface area contributed by atoms with Crippen LogP contribution < -0.4 is 10.5 Å². The molecule has 4 nitrogen and oxygen atoms in total. The number of methoxy groups -OCH3 is 1. The molecule has 4 heteroatoms. The molecule has 1 aromatic rings. The molecule has 0 bridgehead atoms. The Morgan fingerprint density at radius 3 is 2.90 bits per heavy atom. The van der Waals surface area contributed by atoms with Crippen LogP contribution in [-0.4, -0.2) is 36.2 Å². The van der Waals surface area contributed by atoms with Gasteiger partial charge in [-0.25, -0.2) is 0 Å². The first-order valence-corrected chi connectivity index (χ1v) is 7.41. The van der Waals surface area contributed by atoms with Crippen LogP contribution >= 0.6 is 0 Å². The number of aromatic hydroxyl groups is 1. The smallest absolute Gasteiger partial charge is 0.120 e. The van der Waals surface area contributed by atoms with E-state index >= 15 is 0 Å². The van der Waals surface area contributed by atoms with Gasteiger partial charge in [0, 0.05) is 24.2 Å². The van der Waals surface area contributed by atoms with Crippen molar-refractivity contribution in [3.8, 4) is 11.5 Å². The number of hydrogen-bond donors (Lipinski definition) is 2. The Bertz CT molecular complexity index is 450. The first-order chi connectivity index (χ1) is 9.58. The number of piperidine rings is 1. The number of hydrogen-bond acceptors (Lipinski definition) is 4. The fourth-order valence-corrected chi connectivity index (χ4v) is 3.30. The highest BCUT2D eigenvalue weighted by atomic mass is 16.5. The maximum atomic E-state index is 10.1. The summed E-state index contributed by atoms with van der Waals surface area (Å²) < 4.78 is 5.27. The molecule has 2 rings (SSSR count). The molecule has 0 radical (unpaired) electrons. The van der Waals surface area contributed by atoms with E-state index in [0.717, 1.165) is 17.9 Å². The minimum atomic E-state index is 0.140. The van der Waals surface area contributed by atoms with Crippen LogP contribution in [0.3, 0.4) is 0 Å². The third kappa shape index (κ3) is 2.91. The fraction of sp³-hybridized carbons (Fsp3) is 0.625. The molecule has 0 aliphatic carbocycles. The summed E-state index contributed by atoms with van der Waals surface area (Å²) in [7, 11) is 1.65. The Balaban J connectivity index is 2.27. The number of benzene rings is 1. The van der Waals surface area contributed by atoms with E-state index in [9.17, 15) is 5.11 Å².